The summed E-state index contributed by atoms with van der Waals surface area (Å²) in [6.45, 7) is 0. The number of hydrogen-bond donors (Lipinski definition) is 0. The number of benzene rings is 5. The second-order valence-electron chi connectivity index (χ2n) is 9.01. The van der Waals surface area contributed by atoms with Gasteiger partial charge in [0.25, 0.3) is 0 Å². The summed E-state index contributed by atoms with van der Waals surface area (Å²) in [6.07, 6.45) is 0. The molecule has 0 spiro atoms. The van der Waals surface area contributed by atoms with Crippen molar-refractivity contribution in [3.63, 3.8) is 0 Å². The maximum Gasteiger partial charge on any atom is 0.226 e. The third-order valence-corrected chi connectivity index (χ3v) is 6.90. The predicted molar refractivity (Wildman–Crippen MR) is 157 cm³/mol. The fourth-order valence-electron chi connectivity index (χ4n) is 5.03. The Hall–Kier alpha value is -5.00. The van der Waals surface area contributed by atoms with Crippen LogP contribution in [-0.4, -0.2) is 19.5 Å². The smallest absolute Gasteiger partial charge is 0.226 e. The second-order valence-corrected chi connectivity index (χ2v) is 9.35. The Morgan fingerprint density at radius 2 is 1.31 bits per heavy atom. The largest absolute Gasteiger partial charge is 0.456 e. The first kappa shape index (κ1) is 16.8. The van der Waals surface area contributed by atoms with Crippen LogP contribution in [0.3, 0.4) is 0 Å². The van der Waals surface area contributed by atoms with Gasteiger partial charge in [0, 0.05) is 38.4 Å². The van der Waals surface area contributed by atoms with Crippen LogP contribution in [-0.2, 0) is 0 Å². The van der Waals surface area contributed by atoms with Crippen molar-refractivity contribution in [3.8, 4) is 28.5 Å². The number of nitrogens with zero attached hydrogens (tertiary/aromatic N) is 4. The molecule has 6 heteroatoms. The van der Waals surface area contributed by atoms with E-state index < -0.39 is 0 Å². The summed E-state index contributed by atoms with van der Waals surface area (Å²) in [7, 11) is 0. The van der Waals surface area contributed by atoms with Gasteiger partial charge in [-0.25, -0.2) is 4.98 Å². The lowest BCUT2D eigenvalue weighted by molar-refractivity contribution is 0.669. The van der Waals surface area contributed by atoms with Gasteiger partial charge in [-0.1, -0.05) is 72.7 Å². The van der Waals surface area contributed by atoms with Crippen LogP contribution in [0, 0.1) is 0 Å². The molecule has 0 fully saturated rings. The molecule has 5 nitrogen and oxygen atoms in total. The summed E-state index contributed by atoms with van der Waals surface area (Å²) in [6, 6.07) is 22.4. The Kier molecular flexibility index (Phi) is 3.66. The topological polar surface area (TPSA) is 56.7 Å². The van der Waals surface area contributed by atoms with Gasteiger partial charge >= 0.3 is 0 Å². The van der Waals surface area contributed by atoms with Gasteiger partial charge in [-0.3, -0.25) is 0 Å². The molecule has 0 radical (unpaired) electrons. The van der Waals surface area contributed by atoms with Crippen LogP contribution in [0.4, 0.5) is 0 Å². The molecule has 0 unspecified atom stereocenters. The van der Waals surface area contributed by atoms with Crippen LogP contribution < -0.4 is 0 Å². The van der Waals surface area contributed by atoms with Gasteiger partial charge in [-0.2, -0.15) is 9.97 Å². The molecule has 0 N–H and O–H groups in total. The molecule has 0 aliphatic heterocycles. The first-order valence-corrected chi connectivity index (χ1v) is 12.5. The number of aromatic nitrogens is 4. The van der Waals surface area contributed by atoms with Gasteiger partial charge in [-0.15, -0.1) is 0 Å². The Balaban J connectivity index is 1.32. The summed E-state index contributed by atoms with van der Waals surface area (Å²) < 4.78 is 58.9. The number of halogens is 1. The first-order chi connectivity index (χ1) is 21.7. The minimum Gasteiger partial charge on any atom is -0.456 e. The summed E-state index contributed by atoms with van der Waals surface area (Å²) in [4.78, 5) is 13.5. The summed E-state index contributed by atoms with van der Waals surface area (Å²) in [5.74, 6) is 0.638. The summed E-state index contributed by atoms with van der Waals surface area (Å²) in [5, 5.41) is 2.35. The van der Waals surface area contributed by atoms with E-state index in [0.29, 0.717) is 34.0 Å². The van der Waals surface area contributed by atoms with Crippen LogP contribution in [0.1, 0.15) is 8.22 Å². The van der Waals surface area contributed by atoms with Crippen LogP contribution in [0.25, 0.3) is 72.2 Å². The highest BCUT2D eigenvalue weighted by atomic mass is 35.5. The van der Waals surface area contributed by atoms with Gasteiger partial charge in [0.05, 0.1) is 19.3 Å². The van der Waals surface area contributed by atoms with E-state index in [4.69, 9.17) is 29.2 Å². The SMILES string of the molecule is [2H]c1cc([2H])c2c(c1[2H])c1c([2H])c([2H])cc([2H])c1n2-c1cccc(-c2nc(Cl)nc(-c3ccc4c(c3)oc3ccccc34)n2)c1. The van der Waals surface area contributed by atoms with Crippen LogP contribution in [0.15, 0.2) is 120 Å². The van der Waals surface area contributed by atoms with E-state index in [1.165, 1.54) is 12.1 Å². The molecule has 39 heavy (non-hydrogen) atoms. The van der Waals surface area contributed by atoms with Crippen molar-refractivity contribution in [1.29, 1.82) is 0 Å². The Bertz CT molecular complexity index is 2470. The third kappa shape index (κ3) is 3.51. The van der Waals surface area contributed by atoms with Crippen LogP contribution in [0.2, 0.25) is 5.28 Å². The molecule has 184 valence electrons. The highest BCUT2D eigenvalue weighted by molar-refractivity contribution is 6.28. The average Bonchev–Trinajstić information content (AvgIpc) is 3.59. The molecule has 0 saturated carbocycles. The highest BCUT2D eigenvalue weighted by Crippen LogP contribution is 2.34. The van der Waals surface area contributed by atoms with Crippen molar-refractivity contribution in [3.05, 3.63) is 120 Å². The molecule has 0 amide bonds. The van der Waals surface area contributed by atoms with Gasteiger partial charge < -0.3 is 8.98 Å². The van der Waals surface area contributed by atoms with Crippen molar-refractivity contribution in [2.24, 2.45) is 0 Å². The molecule has 8 aromatic rings. The van der Waals surface area contributed by atoms with E-state index >= 15 is 0 Å². The lowest BCUT2D eigenvalue weighted by Gasteiger charge is -2.10. The monoisotopic (exact) mass is 528 g/mol. The van der Waals surface area contributed by atoms with Gasteiger partial charge in [0.15, 0.2) is 11.6 Å². The van der Waals surface area contributed by atoms with Crippen molar-refractivity contribution >= 4 is 55.3 Å². The van der Waals surface area contributed by atoms with E-state index in [1.54, 1.807) is 28.8 Å². The second kappa shape index (κ2) is 8.51. The Morgan fingerprint density at radius 3 is 2.08 bits per heavy atom. The molecular weight excluding hydrogens is 504 g/mol. The van der Waals surface area contributed by atoms with Gasteiger partial charge in [0.1, 0.15) is 11.2 Å². The zero-order valence-electron chi connectivity index (χ0n) is 26.1. The molecule has 3 aromatic heterocycles. The lowest BCUT2D eigenvalue weighted by Crippen LogP contribution is -1.99. The number of rotatable bonds is 3. The van der Waals surface area contributed by atoms with Crippen molar-refractivity contribution in [2.75, 3.05) is 0 Å². The molecule has 0 aliphatic rings. The number of para-hydroxylation sites is 3. The molecule has 0 atom stereocenters. The number of hydrogen-bond acceptors (Lipinski definition) is 4. The molecule has 0 saturated heterocycles. The average molecular weight is 529 g/mol. The van der Waals surface area contributed by atoms with Crippen molar-refractivity contribution < 1.29 is 12.6 Å². The molecular formula is C33H19ClN4O. The van der Waals surface area contributed by atoms with E-state index in [0.717, 1.165) is 16.4 Å². The molecule has 0 aliphatic carbocycles. The number of fused-ring (bicyclic) bond motifs is 6. The lowest BCUT2D eigenvalue weighted by atomic mass is 10.1. The van der Waals surface area contributed by atoms with Crippen LogP contribution in [0.5, 0.6) is 0 Å². The van der Waals surface area contributed by atoms with E-state index in [-0.39, 0.29) is 63.3 Å². The fourth-order valence-corrected chi connectivity index (χ4v) is 5.19. The maximum atomic E-state index is 8.73. The third-order valence-electron chi connectivity index (χ3n) is 6.73. The minimum atomic E-state index is -0.172. The van der Waals surface area contributed by atoms with Crippen molar-refractivity contribution in [1.82, 2.24) is 19.5 Å². The standard InChI is InChI=1S/C33H19ClN4O/c34-33-36-31(35-32(37-33)21-16-17-26-25-12-3-6-15-29(25)39-30(26)19-21)20-8-7-9-22(18-20)38-27-13-4-1-10-23(27)24-11-2-5-14-28(24)38/h1-19H/i1D,2D,10D,11D,13D,14D. The molecule has 5 aromatic carbocycles. The molecule has 3 heterocycles. The van der Waals surface area contributed by atoms with Crippen LogP contribution >= 0.6 is 11.6 Å². The number of furan rings is 1. The van der Waals surface area contributed by atoms with E-state index in [2.05, 4.69) is 9.97 Å². The van der Waals surface area contributed by atoms with Gasteiger partial charge in [-0.05, 0) is 54.0 Å². The minimum absolute atomic E-state index is 0.00694. The van der Waals surface area contributed by atoms with Crippen molar-refractivity contribution in [2.45, 2.75) is 0 Å². The van der Waals surface area contributed by atoms with E-state index in [1.807, 2.05) is 42.5 Å². The molecule has 0 bridgehead atoms. The summed E-state index contributed by atoms with van der Waals surface area (Å²) >= 11 is 6.42. The zero-order valence-corrected chi connectivity index (χ0v) is 20.8. The molecule has 8 rings (SSSR count). The van der Waals surface area contributed by atoms with E-state index in [9.17, 15) is 0 Å². The zero-order chi connectivity index (χ0) is 31.1. The fraction of sp³-hybridized carbons (Fsp3) is 0. The maximum absolute atomic E-state index is 8.73. The Morgan fingerprint density at radius 1 is 0.615 bits per heavy atom. The first-order valence-electron chi connectivity index (χ1n) is 15.2. The highest BCUT2D eigenvalue weighted by Gasteiger charge is 2.15. The normalized spacial score (nSPS) is 13.9. The van der Waals surface area contributed by atoms with Gasteiger partial charge in [0.2, 0.25) is 5.28 Å². The predicted octanol–water partition coefficient (Wildman–Crippen LogP) is 8.86. The quantitative estimate of drug-likeness (QED) is 0.230. The summed E-state index contributed by atoms with van der Waals surface area (Å²) in [5.41, 5.74) is 3.78. The Labute approximate surface area is 236 Å².